The molecule has 3 aromatic rings. The van der Waals surface area contributed by atoms with E-state index in [1.807, 2.05) is 34.3 Å². The molecule has 3 aromatic heterocycles. The first-order valence-electron chi connectivity index (χ1n) is 6.82. The summed E-state index contributed by atoms with van der Waals surface area (Å²) in [6.45, 7) is 0.631. The highest BCUT2D eigenvalue weighted by atomic mass is 32.1. The average molecular weight is 307 g/mol. The largest absolute Gasteiger partial charge is 0.340 e. The number of nitrogens with zero attached hydrogens (tertiary/aromatic N) is 3. The molecule has 0 amide bonds. The van der Waals surface area contributed by atoms with Crippen LogP contribution in [0.25, 0.3) is 0 Å². The topological polar surface area (TPSA) is 58.7 Å². The lowest BCUT2D eigenvalue weighted by atomic mass is 9.99. The van der Waals surface area contributed by atoms with Crippen LogP contribution >= 0.6 is 11.3 Å². The van der Waals surface area contributed by atoms with Crippen LogP contribution in [0.5, 0.6) is 0 Å². The molecule has 3 heterocycles. The highest BCUT2D eigenvalue weighted by Crippen LogP contribution is 2.20. The van der Waals surface area contributed by atoms with Crippen molar-refractivity contribution in [2.75, 3.05) is 0 Å². The summed E-state index contributed by atoms with van der Waals surface area (Å²) in [7, 11) is 0. The lowest BCUT2D eigenvalue weighted by molar-refractivity contribution is 0.0969. The molecule has 0 saturated heterocycles. The predicted octanol–water partition coefficient (Wildman–Crippen LogP) is 3.48. The molecule has 22 heavy (non-hydrogen) atoms. The Labute approximate surface area is 132 Å². The van der Waals surface area contributed by atoms with Crippen LogP contribution < -0.4 is 0 Å². The molecule has 3 rings (SSSR count). The van der Waals surface area contributed by atoms with Crippen molar-refractivity contribution in [1.82, 2.24) is 9.55 Å². The molecule has 0 spiro atoms. The predicted molar refractivity (Wildman–Crippen MR) is 84.8 cm³/mol. The highest BCUT2D eigenvalue weighted by Gasteiger charge is 2.25. The summed E-state index contributed by atoms with van der Waals surface area (Å²) in [6, 6.07) is 14.9. The Hall–Kier alpha value is -2.71. The number of Topliss-reactive ketones (excluding diaryl/α,β-unsaturated/α-hetero) is 1. The standard InChI is InChI=1S/C17H13N3OS/c18-11-14(15-6-1-2-8-19-15)17(21)16-7-3-9-20(16)12-13-5-4-10-22-13/h1-10,14H,12H2. The van der Waals surface area contributed by atoms with Crippen LogP contribution in [0.15, 0.2) is 60.2 Å². The van der Waals surface area contributed by atoms with Crippen LogP contribution in [-0.2, 0) is 6.54 Å². The number of carbonyl (C=O) groups is 1. The van der Waals surface area contributed by atoms with E-state index in [1.54, 1.807) is 41.8 Å². The van der Waals surface area contributed by atoms with Crippen LogP contribution in [-0.4, -0.2) is 15.3 Å². The summed E-state index contributed by atoms with van der Waals surface area (Å²) in [5.41, 5.74) is 1.02. The van der Waals surface area contributed by atoms with Gasteiger partial charge in [-0.1, -0.05) is 12.1 Å². The third-order valence-electron chi connectivity index (χ3n) is 3.36. The SMILES string of the molecule is N#CC(C(=O)c1cccn1Cc1cccs1)c1ccccn1. The number of rotatable bonds is 5. The molecule has 0 radical (unpaired) electrons. The Bertz CT molecular complexity index is 800. The molecule has 4 nitrogen and oxygen atoms in total. The van der Waals surface area contributed by atoms with Crippen molar-refractivity contribution < 1.29 is 4.79 Å². The van der Waals surface area contributed by atoms with Crippen LogP contribution in [0.2, 0.25) is 0 Å². The first-order valence-corrected chi connectivity index (χ1v) is 7.70. The summed E-state index contributed by atoms with van der Waals surface area (Å²) in [5.74, 6) is -1.10. The summed E-state index contributed by atoms with van der Waals surface area (Å²) < 4.78 is 1.88. The molecule has 108 valence electrons. The number of thiophene rings is 1. The van der Waals surface area contributed by atoms with Gasteiger partial charge in [0.05, 0.1) is 24.0 Å². The van der Waals surface area contributed by atoms with Gasteiger partial charge in [0.1, 0.15) is 0 Å². The molecule has 1 atom stereocenters. The minimum Gasteiger partial charge on any atom is -0.340 e. The molecular weight excluding hydrogens is 294 g/mol. The van der Waals surface area contributed by atoms with E-state index >= 15 is 0 Å². The van der Waals surface area contributed by atoms with Crippen molar-refractivity contribution in [1.29, 1.82) is 5.26 Å². The third kappa shape index (κ3) is 2.83. The number of pyridine rings is 1. The third-order valence-corrected chi connectivity index (χ3v) is 4.22. The molecule has 5 heteroatoms. The minimum absolute atomic E-state index is 0.220. The first kappa shape index (κ1) is 14.2. The Kier molecular flexibility index (Phi) is 4.12. The van der Waals surface area contributed by atoms with E-state index in [9.17, 15) is 10.1 Å². The van der Waals surface area contributed by atoms with Crippen molar-refractivity contribution in [2.24, 2.45) is 0 Å². The van der Waals surface area contributed by atoms with E-state index in [1.165, 1.54) is 0 Å². The summed E-state index contributed by atoms with van der Waals surface area (Å²) >= 11 is 1.64. The number of ketones is 1. The fourth-order valence-corrected chi connectivity index (χ4v) is 3.00. The van der Waals surface area contributed by atoms with E-state index in [0.29, 0.717) is 17.9 Å². The Morgan fingerprint density at radius 3 is 2.86 bits per heavy atom. The van der Waals surface area contributed by atoms with Gasteiger partial charge in [-0.05, 0) is 35.7 Å². The molecule has 0 fully saturated rings. The Morgan fingerprint density at radius 2 is 2.18 bits per heavy atom. The number of hydrogen-bond donors (Lipinski definition) is 0. The highest BCUT2D eigenvalue weighted by molar-refractivity contribution is 7.09. The lowest BCUT2D eigenvalue weighted by Crippen LogP contribution is -2.17. The van der Waals surface area contributed by atoms with E-state index < -0.39 is 5.92 Å². The monoisotopic (exact) mass is 307 g/mol. The minimum atomic E-state index is -0.877. The van der Waals surface area contributed by atoms with Gasteiger partial charge in [-0.25, -0.2) is 0 Å². The van der Waals surface area contributed by atoms with E-state index in [-0.39, 0.29) is 5.78 Å². The summed E-state index contributed by atoms with van der Waals surface area (Å²) in [4.78, 5) is 18.0. The number of carbonyl (C=O) groups excluding carboxylic acids is 1. The molecule has 0 bridgehead atoms. The van der Waals surface area contributed by atoms with Gasteiger partial charge in [0, 0.05) is 17.3 Å². The van der Waals surface area contributed by atoms with Gasteiger partial charge in [-0.2, -0.15) is 5.26 Å². The van der Waals surface area contributed by atoms with E-state index in [2.05, 4.69) is 11.1 Å². The Balaban J connectivity index is 1.89. The average Bonchev–Trinajstić information content (AvgIpc) is 3.21. The second-order valence-electron chi connectivity index (χ2n) is 4.78. The zero-order valence-electron chi connectivity index (χ0n) is 11.7. The van der Waals surface area contributed by atoms with Gasteiger partial charge in [-0.15, -0.1) is 11.3 Å². The molecule has 0 aliphatic rings. The zero-order chi connectivity index (χ0) is 15.4. The van der Waals surface area contributed by atoms with Crippen molar-refractivity contribution in [3.05, 3.63) is 76.5 Å². The fourth-order valence-electron chi connectivity index (χ4n) is 2.30. The fraction of sp³-hybridized carbons (Fsp3) is 0.118. The maximum absolute atomic E-state index is 12.7. The van der Waals surface area contributed by atoms with Crippen LogP contribution in [0, 0.1) is 11.3 Å². The Morgan fingerprint density at radius 1 is 1.27 bits per heavy atom. The number of hydrogen-bond acceptors (Lipinski definition) is 4. The van der Waals surface area contributed by atoms with Gasteiger partial charge >= 0.3 is 0 Å². The molecule has 1 unspecified atom stereocenters. The molecule has 0 saturated carbocycles. The van der Waals surface area contributed by atoms with Crippen LogP contribution in [0.4, 0.5) is 0 Å². The first-order chi connectivity index (χ1) is 10.8. The summed E-state index contributed by atoms with van der Waals surface area (Å²) in [6.07, 6.45) is 3.46. The van der Waals surface area contributed by atoms with Crippen molar-refractivity contribution in [2.45, 2.75) is 12.5 Å². The maximum atomic E-state index is 12.7. The second kappa shape index (κ2) is 6.37. The summed E-state index contributed by atoms with van der Waals surface area (Å²) in [5, 5.41) is 11.4. The van der Waals surface area contributed by atoms with Gasteiger partial charge in [0.15, 0.2) is 5.92 Å². The van der Waals surface area contributed by atoms with Gasteiger partial charge < -0.3 is 4.57 Å². The van der Waals surface area contributed by atoms with E-state index in [4.69, 9.17) is 0 Å². The molecule has 0 aliphatic carbocycles. The smallest absolute Gasteiger partial charge is 0.202 e. The van der Waals surface area contributed by atoms with Crippen LogP contribution in [0.3, 0.4) is 0 Å². The molecule has 0 aliphatic heterocycles. The molecular formula is C17H13N3OS. The van der Waals surface area contributed by atoms with Crippen molar-refractivity contribution in [3.8, 4) is 6.07 Å². The van der Waals surface area contributed by atoms with Crippen LogP contribution in [0.1, 0.15) is 27.0 Å². The number of aromatic nitrogens is 2. The molecule has 0 aromatic carbocycles. The zero-order valence-corrected chi connectivity index (χ0v) is 12.5. The van der Waals surface area contributed by atoms with Crippen molar-refractivity contribution in [3.63, 3.8) is 0 Å². The number of nitriles is 1. The maximum Gasteiger partial charge on any atom is 0.202 e. The molecule has 0 N–H and O–H groups in total. The normalized spacial score (nSPS) is 11.8. The van der Waals surface area contributed by atoms with Gasteiger partial charge in [0.2, 0.25) is 5.78 Å². The quantitative estimate of drug-likeness (QED) is 0.678. The van der Waals surface area contributed by atoms with Crippen molar-refractivity contribution >= 4 is 17.1 Å². The second-order valence-corrected chi connectivity index (χ2v) is 5.81. The van der Waals surface area contributed by atoms with Gasteiger partial charge in [0.25, 0.3) is 0 Å². The van der Waals surface area contributed by atoms with E-state index in [0.717, 1.165) is 4.88 Å². The van der Waals surface area contributed by atoms with Gasteiger partial charge in [-0.3, -0.25) is 9.78 Å². The lowest BCUT2D eigenvalue weighted by Gasteiger charge is -2.11.